The largest absolute Gasteiger partial charge is 0.342 e. The maximum Gasteiger partial charge on any atom is 0.254 e. The number of piperidine rings is 1. The molecule has 5 nitrogen and oxygen atoms in total. The van der Waals surface area contributed by atoms with Crippen molar-refractivity contribution >= 4 is 34.1 Å². The van der Waals surface area contributed by atoms with Crippen molar-refractivity contribution in [3.63, 3.8) is 0 Å². The van der Waals surface area contributed by atoms with Gasteiger partial charge in [0.1, 0.15) is 5.82 Å². The number of H-pyrrole nitrogens is 1. The fourth-order valence-electron chi connectivity index (χ4n) is 3.37. The van der Waals surface area contributed by atoms with E-state index in [0.29, 0.717) is 17.0 Å². The number of hydrogen-bond acceptors (Lipinski definition) is 4. The number of carbonyl (C=O) groups is 2. The summed E-state index contributed by atoms with van der Waals surface area (Å²) >= 11 is 1.33. The quantitative estimate of drug-likeness (QED) is 0.728. The van der Waals surface area contributed by atoms with E-state index in [9.17, 15) is 9.59 Å². The first-order valence-electron chi connectivity index (χ1n) is 8.45. The molecule has 1 saturated heterocycles. The lowest BCUT2D eigenvalue weighted by Crippen LogP contribution is -2.39. The number of para-hydroxylation sites is 2. The molecule has 1 N–H and O–H groups in total. The summed E-state index contributed by atoms with van der Waals surface area (Å²) < 4.78 is 0. The number of nitrogens with zero attached hydrogens (tertiary/aromatic N) is 2. The van der Waals surface area contributed by atoms with Gasteiger partial charge < -0.3 is 9.88 Å². The molecular formula is C19H19N3O2S. The van der Waals surface area contributed by atoms with Crippen LogP contribution in [0.3, 0.4) is 0 Å². The van der Waals surface area contributed by atoms with E-state index >= 15 is 0 Å². The molecular weight excluding hydrogens is 334 g/mol. The van der Waals surface area contributed by atoms with Crippen molar-refractivity contribution < 1.29 is 9.59 Å². The van der Waals surface area contributed by atoms with Crippen LogP contribution in [0.25, 0.3) is 11.0 Å². The molecule has 4 rings (SSSR count). The number of aromatic nitrogens is 2. The summed E-state index contributed by atoms with van der Waals surface area (Å²) in [6, 6.07) is 9.69. The van der Waals surface area contributed by atoms with E-state index in [2.05, 4.69) is 4.98 Å². The molecule has 128 valence electrons. The van der Waals surface area contributed by atoms with Crippen LogP contribution in [0.5, 0.6) is 0 Å². The van der Waals surface area contributed by atoms with Gasteiger partial charge in [0, 0.05) is 24.4 Å². The minimum absolute atomic E-state index is 0.00264. The first-order valence-corrected chi connectivity index (χ1v) is 9.33. The van der Waals surface area contributed by atoms with E-state index in [1.807, 2.05) is 29.2 Å². The lowest BCUT2D eigenvalue weighted by molar-refractivity contribution is 0.0705. The zero-order valence-electron chi connectivity index (χ0n) is 14.0. The molecule has 1 aliphatic heterocycles. The SMILES string of the molecule is CC(=O)c1cc(C(=O)N2CCC[C@@H](c3nc4ccccc4[nH]3)C2)cs1. The topological polar surface area (TPSA) is 66.1 Å². The first kappa shape index (κ1) is 16.0. The number of hydrogen-bond donors (Lipinski definition) is 1. The Balaban J connectivity index is 1.53. The van der Waals surface area contributed by atoms with Gasteiger partial charge in [0.2, 0.25) is 0 Å². The number of nitrogens with one attached hydrogen (secondary N) is 1. The average molecular weight is 353 g/mol. The highest BCUT2D eigenvalue weighted by atomic mass is 32.1. The van der Waals surface area contributed by atoms with Gasteiger partial charge in [-0.2, -0.15) is 0 Å². The third-order valence-corrected chi connectivity index (χ3v) is 5.73. The summed E-state index contributed by atoms with van der Waals surface area (Å²) in [5, 5.41) is 1.78. The highest BCUT2D eigenvalue weighted by Crippen LogP contribution is 2.28. The summed E-state index contributed by atoms with van der Waals surface area (Å²) in [4.78, 5) is 34.8. The van der Waals surface area contributed by atoms with Gasteiger partial charge >= 0.3 is 0 Å². The number of benzene rings is 1. The van der Waals surface area contributed by atoms with E-state index in [4.69, 9.17) is 4.98 Å². The number of imidazole rings is 1. The predicted octanol–water partition coefficient (Wildman–Crippen LogP) is 3.85. The van der Waals surface area contributed by atoms with Crippen molar-refractivity contribution in [2.45, 2.75) is 25.7 Å². The van der Waals surface area contributed by atoms with E-state index in [0.717, 1.165) is 36.2 Å². The molecule has 6 heteroatoms. The maximum absolute atomic E-state index is 12.8. The Morgan fingerprint density at radius 3 is 2.92 bits per heavy atom. The number of Topliss-reactive ketones (excluding diaryl/α,β-unsaturated/α-hetero) is 1. The van der Waals surface area contributed by atoms with E-state index < -0.39 is 0 Å². The second-order valence-corrected chi connectivity index (χ2v) is 7.40. The lowest BCUT2D eigenvalue weighted by Gasteiger charge is -2.31. The van der Waals surface area contributed by atoms with Crippen LogP contribution in [0, 0.1) is 0 Å². The average Bonchev–Trinajstić information content (AvgIpc) is 3.28. The van der Waals surface area contributed by atoms with Crippen LogP contribution in [0.1, 0.15) is 51.5 Å². The van der Waals surface area contributed by atoms with Crippen LogP contribution in [0.2, 0.25) is 0 Å². The number of carbonyl (C=O) groups excluding carboxylic acids is 2. The Morgan fingerprint density at radius 2 is 2.16 bits per heavy atom. The molecule has 0 radical (unpaired) electrons. The molecule has 0 unspecified atom stereocenters. The van der Waals surface area contributed by atoms with Crippen molar-refractivity contribution in [1.29, 1.82) is 0 Å². The van der Waals surface area contributed by atoms with Crippen molar-refractivity contribution in [1.82, 2.24) is 14.9 Å². The number of amides is 1. The van der Waals surface area contributed by atoms with Crippen LogP contribution in [-0.4, -0.2) is 39.6 Å². The molecule has 0 aliphatic carbocycles. The number of likely N-dealkylation sites (tertiary alicyclic amines) is 1. The smallest absolute Gasteiger partial charge is 0.254 e. The maximum atomic E-state index is 12.8. The van der Waals surface area contributed by atoms with Gasteiger partial charge in [0.05, 0.1) is 21.5 Å². The molecule has 1 aromatic carbocycles. The number of rotatable bonds is 3. The molecule has 3 aromatic rings. The molecule has 3 heterocycles. The van der Waals surface area contributed by atoms with Crippen LogP contribution in [0.4, 0.5) is 0 Å². The predicted molar refractivity (Wildman–Crippen MR) is 98.3 cm³/mol. The van der Waals surface area contributed by atoms with Gasteiger partial charge in [-0.25, -0.2) is 4.98 Å². The fourth-order valence-corrected chi connectivity index (χ4v) is 4.15. The monoisotopic (exact) mass is 353 g/mol. The number of thiophene rings is 1. The second-order valence-electron chi connectivity index (χ2n) is 6.49. The third kappa shape index (κ3) is 3.09. The number of ketones is 1. The fraction of sp³-hybridized carbons (Fsp3) is 0.316. The summed E-state index contributed by atoms with van der Waals surface area (Å²) in [6.07, 6.45) is 1.98. The Bertz CT molecular complexity index is 910. The Morgan fingerprint density at radius 1 is 1.32 bits per heavy atom. The lowest BCUT2D eigenvalue weighted by atomic mass is 9.97. The highest BCUT2D eigenvalue weighted by Gasteiger charge is 2.28. The van der Waals surface area contributed by atoms with Gasteiger partial charge in [-0.3, -0.25) is 9.59 Å². The van der Waals surface area contributed by atoms with E-state index in [1.165, 1.54) is 18.3 Å². The van der Waals surface area contributed by atoms with Crippen LogP contribution < -0.4 is 0 Å². The summed E-state index contributed by atoms with van der Waals surface area (Å²) in [5.74, 6) is 1.18. The van der Waals surface area contributed by atoms with Gasteiger partial charge in [0.25, 0.3) is 5.91 Å². The zero-order valence-corrected chi connectivity index (χ0v) is 14.8. The third-order valence-electron chi connectivity index (χ3n) is 4.70. The Labute approximate surface area is 149 Å². The molecule has 2 aromatic heterocycles. The first-order chi connectivity index (χ1) is 12.1. The molecule has 1 atom stereocenters. The van der Waals surface area contributed by atoms with E-state index in [-0.39, 0.29) is 17.6 Å². The highest BCUT2D eigenvalue weighted by molar-refractivity contribution is 7.12. The van der Waals surface area contributed by atoms with Crippen molar-refractivity contribution in [3.8, 4) is 0 Å². The minimum atomic E-state index is 0.00264. The molecule has 0 spiro atoms. The second kappa shape index (κ2) is 6.44. The van der Waals surface area contributed by atoms with E-state index in [1.54, 1.807) is 11.4 Å². The molecule has 1 fully saturated rings. The molecule has 0 bridgehead atoms. The summed E-state index contributed by atoms with van der Waals surface area (Å²) in [5.41, 5.74) is 2.61. The van der Waals surface area contributed by atoms with Crippen LogP contribution >= 0.6 is 11.3 Å². The number of fused-ring (bicyclic) bond motifs is 1. The van der Waals surface area contributed by atoms with Crippen molar-refractivity contribution in [2.24, 2.45) is 0 Å². The standard InChI is InChI=1S/C19H19N3O2S/c1-12(23)17-9-14(11-25-17)19(24)22-8-4-5-13(10-22)18-20-15-6-2-3-7-16(15)21-18/h2-3,6-7,9,11,13H,4-5,8,10H2,1H3,(H,20,21)/t13-/m1/s1. The van der Waals surface area contributed by atoms with Gasteiger partial charge in [-0.05, 0) is 38.0 Å². The molecule has 1 amide bonds. The Kier molecular flexibility index (Phi) is 4.13. The normalized spacial score (nSPS) is 17.8. The van der Waals surface area contributed by atoms with Crippen LogP contribution in [-0.2, 0) is 0 Å². The summed E-state index contributed by atoms with van der Waals surface area (Å²) in [7, 11) is 0. The number of aromatic amines is 1. The molecule has 1 aliphatic rings. The van der Waals surface area contributed by atoms with Crippen molar-refractivity contribution in [2.75, 3.05) is 13.1 Å². The van der Waals surface area contributed by atoms with Crippen molar-refractivity contribution in [3.05, 3.63) is 52.0 Å². The molecule has 25 heavy (non-hydrogen) atoms. The van der Waals surface area contributed by atoms with Gasteiger partial charge in [-0.1, -0.05) is 12.1 Å². The van der Waals surface area contributed by atoms with Gasteiger partial charge in [-0.15, -0.1) is 11.3 Å². The molecule has 0 saturated carbocycles. The minimum Gasteiger partial charge on any atom is -0.342 e. The summed E-state index contributed by atoms with van der Waals surface area (Å²) in [6.45, 7) is 2.93. The van der Waals surface area contributed by atoms with Gasteiger partial charge in [0.15, 0.2) is 5.78 Å². The zero-order chi connectivity index (χ0) is 17.4. The van der Waals surface area contributed by atoms with Crippen LogP contribution in [0.15, 0.2) is 35.7 Å². The Hall–Kier alpha value is -2.47.